The summed E-state index contributed by atoms with van der Waals surface area (Å²) in [6.45, 7) is 3.89. The van der Waals surface area contributed by atoms with Gasteiger partial charge < -0.3 is 20.3 Å². The summed E-state index contributed by atoms with van der Waals surface area (Å²) in [5.74, 6) is -0.104. The Hall–Kier alpha value is -1.63. The molecule has 0 aliphatic carbocycles. The van der Waals surface area contributed by atoms with Gasteiger partial charge in [-0.2, -0.15) is 0 Å². The van der Waals surface area contributed by atoms with E-state index < -0.39 is 0 Å². The average molecular weight is 342 g/mol. The van der Waals surface area contributed by atoms with Crippen LogP contribution < -0.4 is 10.6 Å². The molecule has 7 heteroatoms. The number of benzene rings is 1. The number of rotatable bonds is 4. The zero-order valence-corrected chi connectivity index (χ0v) is 14.5. The quantitative estimate of drug-likeness (QED) is 0.869. The van der Waals surface area contributed by atoms with Crippen LogP contribution in [0.15, 0.2) is 18.2 Å². The maximum atomic E-state index is 12.0. The van der Waals surface area contributed by atoms with Crippen LogP contribution in [0.1, 0.15) is 22.3 Å². The maximum Gasteiger partial charge on any atom is 0.253 e. The molecule has 0 aromatic heterocycles. The fraction of sp³-hybridized carbons (Fsp3) is 0.500. The van der Waals surface area contributed by atoms with Crippen molar-refractivity contribution in [1.29, 1.82) is 0 Å². The molecule has 2 rings (SSSR count). The lowest BCUT2D eigenvalue weighted by molar-refractivity contribution is -0.117. The van der Waals surface area contributed by atoms with Crippen LogP contribution in [0.4, 0.5) is 5.69 Å². The largest absolute Gasteiger partial charge is 0.378 e. The van der Waals surface area contributed by atoms with Gasteiger partial charge in [-0.05, 0) is 30.7 Å². The Morgan fingerprint density at radius 1 is 1.39 bits per heavy atom. The minimum absolute atomic E-state index is 0. The van der Waals surface area contributed by atoms with Crippen LogP contribution in [0.2, 0.25) is 0 Å². The van der Waals surface area contributed by atoms with Gasteiger partial charge in [0.05, 0.1) is 13.2 Å². The highest BCUT2D eigenvalue weighted by Crippen LogP contribution is 2.17. The third-order valence-electron chi connectivity index (χ3n) is 3.58. The number of halogens is 1. The van der Waals surface area contributed by atoms with Crippen LogP contribution in [0.25, 0.3) is 0 Å². The molecule has 1 atom stereocenters. The zero-order valence-electron chi connectivity index (χ0n) is 13.7. The molecule has 6 nitrogen and oxygen atoms in total. The van der Waals surface area contributed by atoms with Crippen LogP contribution in [0, 0.1) is 6.92 Å². The molecule has 0 saturated carbocycles. The van der Waals surface area contributed by atoms with E-state index in [1.54, 1.807) is 26.2 Å². The van der Waals surface area contributed by atoms with Gasteiger partial charge in [0.1, 0.15) is 0 Å². The lowest BCUT2D eigenvalue weighted by Crippen LogP contribution is -2.43. The summed E-state index contributed by atoms with van der Waals surface area (Å²) >= 11 is 0. The van der Waals surface area contributed by atoms with Gasteiger partial charge in [-0.3, -0.25) is 9.59 Å². The molecule has 1 aromatic rings. The number of carbonyl (C=O) groups excluding carboxylic acids is 2. The summed E-state index contributed by atoms with van der Waals surface area (Å²) in [5.41, 5.74) is 2.19. The number of nitrogens with one attached hydrogen (secondary N) is 2. The van der Waals surface area contributed by atoms with Crippen molar-refractivity contribution in [2.75, 3.05) is 39.2 Å². The van der Waals surface area contributed by atoms with Crippen LogP contribution >= 0.6 is 12.4 Å². The second-order valence-corrected chi connectivity index (χ2v) is 5.71. The number of amides is 2. The molecular formula is C16H24ClN3O3. The molecule has 0 spiro atoms. The third-order valence-corrected chi connectivity index (χ3v) is 3.58. The van der Waals surface area contributed by atoms with Crippen molar-refractivity contribution in [2.45, 2.75) is 19.4 Å². The van der Waals surface area contributed by atoms with Gasteiger partial charge >= 0.3 is 0 Å². The molecule has 1 saturated heterocycles. The number of carbonyl (C=O) groups is 2. The predicted molar refractivity (Wildman–Crippen MR) is 92.3 cm³/mol. The van der Waals surface area contributed by atoms with Gasteiger partial charge in [0, 0.05) is 44.4 Å². The molecule has 1 aliphatic heterocycles. The summed E-state index contributed by atoms with van der Waals surface area (Å²) in [4.78, 5) is 25.6. The Balaban J connectivity index is 0.00000264. The molecule has 1 aromatic carbocycles. The minimum atomic E-state index is -0.0610. The molecule has 0 bridgehead atoms. The first-order valence-corrected chi connectivity index (χ1v) is 7.40. The summed E-state index contributed by atoms with van der Waals surface area (Å²) < 4.78 is 5.33. The first-order chi connectivity index (χ1) is 10.5. The van der Waals surface area contributed by atoms with E-state index in [4.69, 9.17) is 4.74 Å². The third kappa shape index (κ3) is 5.49. The smallest absolute Gasteiger partial charge is 0.253 e. The van der Waals surface area contributed by atoms with E-state index in [1.165, 1.54) is 4.90 Å². The molecule has 2 amide bonds. The van der Waals surface area contributed by atoms with Gasteiger partial charge in [0.25, 0.3) is 5.91 Å². The number of hydrogen-bond acceptors (Lipinski definition) is 4. The van der Waals surface area contributed by atoms with Crippen LogP contribution in [0.5, 0.6) is 0 Å². The van der Waals surface area contributed by atoms with E-state index in [0.717, 1.165) is 12.1 Å². The van der Waals surface area contributed by atoms with E-state index in [2.05, 4.69) is 10.6 Å². The van der Waals surface area contributed by atoms with Crippen molar-refractivity contribution in [3.63, 3.8) is 0 Å². The second kappa shape index (κ2) is 8.86. The van der Waals surface area contributed by atoms with E-state index in [0.29, 0.717) is 30.9 Å². The van der Waals surface area contributed by atoms with E-state index in [1.807, 2.05) is 13.0 Å². The molecular weight excluding hydrogens is 318 g/mol. The zero-order chi connectivity index (χ0) is 16.1. The van der Waals surface area contributed by atoms with E-state index in [9.17, 15) is 9.59 Å². The van der Waals surface area contributed by atoms with E-state index >= 15 is 0 Å². The first kappa shape index (κ1) is 19.4. The first-order valence-electron chi connectivity index (χ1n) is 7.40. The van der Waals surface area contributed by atoms with Crippen molar-refractivity contribution < 1.29 is 14.3 Å². The number of ether oxygens (including phenoxy) is 1. The highest BCUT2D eigenvalue weighted by molar-refractivity contribution is 5.97. The number of hydrogen-bond donors (Lipinski definition) is 2. The SMILES string of the molecule is Cc1cc(NC(=O)CC2COCCN2)ccc1C(=O)N(C)C.Cl. The molecule has 23 heavy (non-hydrogen) atoms. The highest BCUT2D eigenvalue weighted by Gasteiger charge is 2.17. The fourth-order valence-corrected chi connectivity index (χ4v) is 2.41. The average Bonchev–Trinajstić information content (AvgIpc) is 2.47. The maximum absolute atomic E-state index is 12.0. The highest BCUT2D eigenvalue weighted by atomic mass is 35.5. The van der Waals surface area contributed by atoms with Crippen molar-refractivity contribution >= 4 is 29.9 Å². The molecule has 1 fully saturated rings. The molecule has 1 aliphatic rings. The Bertz CT molecular complexity index is 558. The molecule has 1 unspecified atom stereocenters. The fourth-order valence-electron chi connectivity index (χ4n) is 2.41. The summed E-state index contributed by atoms with van der Waals surface area (Å²) in [6, 6.07) is 5.38. The minimum Gasteiger partial charge on any atom is -0.378 e. The number of aryl methyl sites for hydroxylation is 1. The monoisotopic (exact) mass is 341 g/mol. The van der Waals surface area contributed by atoms with Gasteiger partial charge in [-0.15, -0.1) is 12.4 Å². The van der Waals surface area contributed by atoms with Crippen molar-refractivity contribution in [3.05, 3.63) is 29.3 Å². The lowest BCUT2D eigenvalue weighted by Gasteiger charge is -2.23. The Morgan fingerprint density at radius 2 is 2.13 bits per heavy atom. The number of morpholine rings is 1. The van der Waals surface area contributed by atoms with Crippen LogP contribution in [-0.4, -0.2) is 56.6 Å². The lowest BCUT2D eigenvalue weighted by atomic mass is 10.1. The van der Waals surface area contributed by atoms with Gasteiger partial charge in [-0.25, -0.2) is 0 Å². The topological polar surface area (TPSA) is 70.7 Å². The van der Waals surface area contributed by atoms with Gasteiger partial charge in [0.2, 0.25) is 5.91 Å². The summed E-state index contributed by atoms with van der Waals surface area (Å²) in [5, 5.41) is 6.11. The van der Waals surface area contributed by atoms with Gasteiger partial charge in [-0.1, -0.05) is 0 Å². The second-order valence-electron chi connectivity index (χ2n) is 5.71. The van der Waals surface area contributed by atoms with Crippen molar-refractivity contribution in [3.8, 4) is 0 Å². The standard InChI is InChI=1S/C16H23N3O3.ClH/c1-11-8-12(4-5-14(11)16(21)19(2)3)18-15(20)9-13-10-22-7-6-17-13;/h4-5,8,13,17H,6-7,9-10H2,1-3H3,(H,18,20);1H. The normalized spacial score (nSPS) is 17.1. The van der Waals surface area contributed by atoms with Crippen molar-refractivity contribution in [2.24, 2.45) is 0 Å². The van der Waals surface area contributed by atoms with Crippen LogP contribution in [-0.2, 0) is 9.53 Å². The molecule has 0 radical (unpaired) electrons. The van der Waals surface area contributed by atoms with Gasteiger partial charge in [0.15, 0.2) is 0 Å². The molecule has 1 heterocycles. The Kier molecular flexibility index (Phi) is 7.48. The Labute approximate surface area is 143 Å². The Morgan fingerprint density at radius 3 is 2.70 bits per heavy atom. The van der Waals surface area contributed by atoms with Crippen molar-refractivity contribution in [1.82, 2.24) is 10.2 Å². The summed E-state index contributed by atoms with van der Waals surface area (Å²) in [6.07, 6.45) is 0.372. The number of nitrogens with zero attached hydrogens (tertiary/aromatic N) is 1. The summed E-state index contributed by atoms with van der Waals surface area (Å²) in [7, 11) is 3.44. The van der Waals surface area contributed by atoms with Crippen LogP contribution in [0.3, 0.4) is 0 Å². The molecule has 128 valence electrons. The predicted octanol–water partition coefficient (Wildman–Crippen LogP) is 1.44. The number of anilines is 1. The van der Waals surface area contributed by atoms with E-state index in [-0.39, 0.29) is 30.3 Å². The molecule has 2 N–H and O–H groups in total.